The van der Waals surface area contributed by atoms with Crippen molar-refractivity contribution < 1.29 is 19.4 Å². The Morgan fingerprint density at radius 2 is 2.10 bits per heavy atom. The number of carboxylic acids is 1. The molecular formula is C15H16N2O4. The number of hydrogen-bond acceptors (Lipinski definition) is 5. The van der Waals surface area contributed by atoms with E-state index in [1.807, 2.05) is 18.2 Å². The first-order chi connectivity index (χ1) is 10.2. The van der Waals surface area contributed by atoms with Crippen molar-refractivity contribution >= 4 is 5.97 Å². The van der Waals surface area contributed by atoms with Crippen LogP contribution in [0.2, 0.25) is 0 Å². The lowest BCUT2D eigenvalue weighted by Gasteiger charge is -2.11. The summed E-state index contributed by atoms with van der Waals surface area (Å²) in [5, 5.41) is 8.77. The maximum atomic E-state index is 10.7. The van der Waals surface area contributed by atoms with E-state index in [-0.39, 0.29) is 6.42 Å². The van der Waals surface area contributed by atoms with Crippen LogP contribution in [-0.4, -0.2) is 35.3 Å². The summed E-state index contributed by atoms with van der Waals surface area (Å²) >= 11 is 0. The van der Waals surface area contributed by atoms with Crippen molar-refractivity contribution in [3.63, 3.8) is 0 Å². The zero-order valence-electron chi connectivity index (χ0n) is 11.9. The van der Waals surface area contributed by atoms with Crippen LogP contribution in [0.1, 0.15) is 12.0 Å². The third-order valence-corrected chi connectivity index (χ3v) is 3.08. The van der Waals surface area contributed by atoms with E-state index in [4.69, 9.17) is 14.6 Å². The van der Waals surface area contributed by atoms with Gasteiger partial charge in [0, 0.05) is 12.6 Å². The molecule has 0 amide bonds. The van der Waals surface area contributed by atoms with Gasteiger partial charge in [0.15, 0.2) is 0 Å². The molecule has 2 aromatic rings. The van der Waals surface area contributed by atoms with E-state index in [9.17, 15) is 4.79 Å². The first-order valence-electron chi connectivity index (χ1n) is 6.38. The lowest BCUT2D eigenvalue weighted by atomic mass is 10.0. The third kappa shape index (κ3) is 3.47. The molecule has 1 heterocycles. The third-order valence-electron chi connectivity index (χ3n) is 3.08. The highest BCUT2D eigenvalue weighted by Gasteiger charge is 2.11. The van der Waals surface area contributed by atoms with Gasteiger partial charge in [-0.25, -0.2) is 9.97 Å². The Morgan fingerprint density at radius 3 is 2.76 bits per heavy atom. The molecule has 1 aromatic heterocycles. The van der Waals surface area contributed by atoms with Crippen LogP contribution in [0.4, 0.5) is 0 Å². The normalized spacial score (nSPS) is 10.2. The van der Waals surface area contributed by atoms with Gasteiger partial charge in [0.05, 0.1) is 19.8 Å². The van der Waals surface area contributed by atoms with Crippen molar-refractivity contribution in [1.82, 2.24) is 9.97 Å². The van der Waals surface area contributed by atoms with E-state index in [0.29, 0.717) is 18.1 Å². The van der Waals surface area contributed by atoms with Crippen molar-refractivity contribution in [2.75, 3.05) is 14.2 Å². The van der Waals surface area contributed by atoms with Gasteiger partial charge < -0.3 is 14.6 Å². The summed E-state index contributed by atoms with van der Waals surface area (Å²) in [7, 11) is 3.10. The number of aryl methyl sites for hydroxylation is 1. The Balaban J connectivity index is 2.36. The Bertz CT molecular complexity index is 643. The van der Waals surface area contributed by atoms with Crippen LogP contribution in [0, 0.1) is 0 Å². The molecule has 0 aliphatic heterocycles. The monoisotopic (exact) mass is 288 g/mol. The number of benzene rings is 1. The minimum Gasteiger partial charge on any atom is -0.496 e. The molecule has 0 aliphatic carbocycles. The lowest BCUT2D eigenvalue weighted by Crippen LogP contribution is -2.00. The number of hydrogen-bond donors (Lipinski definition) is 1. The maximum Gasteiger partial charge on any atom is 0.303 e. The summed E-state index contributed by atoms with van der Waals surface area (Å²) < 4.78 is 10.6. The molecule has 0 bridgehead atoms. The second-order valence-corrected chi connectivity index (χ2v) is 4.37. The summed E-state index contributed by atoms with van der Waals surface area (Å²) in [6.07, 6.45) is 3.56. The molecule has 6 nitrogen and oxygen atoms in total. The minimum absolute atomic E-state index is 0.0630. The summed E-state index contributed by atoms with van der Waals surface area (Å²) in [6, 6.07) is 5.56. The Hall–Kier alpha value is -2.63. The molecule has 0 atom stereocenters. The van der Waals surface area contributed by atoms with E-state index < -0.39 is 5.97 Å². The molecule has 0 radical (unpaired) electrons. The number of methoxy groups -OCH3 is 2. The first-order valence-corrected chi connectivity index (χ1v) is 6.38. The topological polar surface area (TPSA) is 81.5 Å². The van der Waals surface area contributed by atoms with Gasteiger partial charge in [-0.05, 0) is 23.6 Å². The van der Waals surface area contributed by atoms with Gasteiger partial charge in [-0.2, -0.15) is 0 Å². The molecular weight excluding hydrogens is 272 g/mol. The number of rotatable bonds is 6. The van der Waals surface area contributed by atoms with Crippen molar-refractivity contribution in [2.24, 2.45) is 0 Å². The largest absolute Gasteiger partial charge is 0.496 e. The van der Waals surface area contributed by atoms with Crippen LogP contribution in [0.5, 0.6) is 11.6 Å². The fraction of sp³-hybridized carbons (Fsp3) is 0.267. The van der Waals surface area contributed by atoms with Gasteiger partial charge in [-0.15, -0.1) is 0 Å². The highest BCUT2D eigenvalue weighted by atomic mass is 16.5. The van der Waals surface area contributed by atoms with Crippen LogP contribution in [0.3, 0.4) is 0 Å². The summed E-state index contributed by atoms with van der Waals surface area (Å²) in [5.74, 6) is 0.282. The molecule has 6 heteroatoms. The zero-order chi connectivity index (χ0) is 15.2. The summed E-state index contributed by atoms with van der Waals surface area (Å²) in [4.78, 5) is 18.7. The quantitative estimate of drug-likeness (QED) is 0.877. The highest BCUT2D eigenvalue weighted by molar-refractivity contribution is 5.70. The molecule has 2 rings (SSSR count). The average molecular weight is 288 g/mol. The number of carboxylic acid groups (broad SMARTS) is 1. The number of carbonyl (C=O) groups is 1. The highest BCUT2D eigenvalue weighted by Crippen LogP contribution is 2.31. The van der Waals surface area contributed by atoms with Gasteiger partial charge in [0.25, 0.3) is 0 Å². The maximum absolute atomic E-state index is 10.7. The fourth-order valence-corrected chi connectivity index (χ4v) is 2.04. The van der Waals surface area contributed by atoms with E-state index in [2.05, 4.69) is 9.97 Å². The van der Waals surface area contributed by atoms with Crippen molar-refractivity contribution in [3.8, 4) is 22.8 Å². The Morgan fingerprint density at radius 1 is 1.29 bits per heavy atom. The molecule has 21 heavy (non-hydrogen) atoms. The molecule has 110 valence electrons. The van der Waals surface area contributed by atoms with Crippen LogP contribution < -0.4 is 9.47 Å². The molecule has 0 fully saturated rings. The Labute approximate surface area is 122 Å². The van der Waals surface area contributed by atoms with E-state index in [1.54, 1.807) is 20.4 Å². The zero-order valence-corrected chi connectivity index (χ0v) is 11.9. The average Bonchev–Trinajstić information content (AvgIpc) is 2.52. The first kappa shape index (κ1) is 14.8. The van der Waals surface area contributed by atoms with Crippen LogP contribution >= 0.6 is 0 Å². The predicted molar refractivity (Wildman–Crippen MR) is 76.5 cm³/mol. The molecule has 0 aliphatic rings. The molecule has 1 N–H and O–H groups in total. The number of nitrogens with zero attached hydrogens (tertiary/aromatic N) is 2. The van der Waals surface area contributed by atoms with Gasteiger partial charge in [-0.1, -0.05) is 12.1 Å². The van der Waals surface area contributed by atoms with Gasteiger partial charge >= 0.3 is 5.97 Å². The van der Waals surface area contributed by atoms with Crippen LogP contribution in [0.15, 0.2) is 30.7 Å². The van der Waals surface area contributed by atoms with Gasteiger partial charge in [0.2, 0.25) is 5.88 Å². The summed E-state index contributed by atoms with van der Waals surface area (Å²) in [5.41, 5.74) is 2.45. The molecule has 0 saturated heterocycles. The minimum atomic E-state index is -0.834. The second kappa shape index (κ2) is 6.69. The second-order valence-electron chi connectivity index (χ2n) is 4.37. The molecule has 0 saturated carbocycles. The van der Waals surface area contributed by atoms with E-state index in [1.165, 1.54) is 6.33 Å². The smallest absolute Gasteiger partial charge is 0.303 e. The van der Waals surface area contributed by atoms with E-state index >= 15 is 0 Å². The van der Waals surface area contributed by atoms with Crippen molar-refractivity contribution in [1.29, 1.82) is 0 Å². The van der Waals surface area contributed by atoms with Gasteiger partial charge in [0.1, 0.15) is 12.1 Å². The number of aliphatic carboxylic acids is 1. The molecule has 0 spiro atoms. The SMILES string of the molecule is COc1cc(-c2cncnc2OC)ccc1CCC(=O)O. The van der Waals surface area contributed by atoms with E-state index in [0.717, 1.165) is 16.7 Å². The fourth-order valence-electron chi connectivity index (χ4n) is 2.04. The number of ether oxygens (including phenoxy) is 2. The predicted octanol–water partition coefficient (Wildman–Crippen LogP) is 2.18. The number of aromatic nitrogens is 2. The Kier molecular flexibility index (Phi) is 4.71. The molecule has 1 aromatic carbocycles. The van der Waals surface area contributed by atoms with Crippen LogP contribution in [-0.2, 0) is 11.2 Å². The lowest BCUT2D eigenvalue weighted by molar-refractivity contribution is -0.136. The summed E-state index contributed by atoms with van der Waals surface area (Å²) in [6.45, 7) is 0. The molecule has 0 unspecified atom stereocenters. The standard InChI is InChI=1S/C15H16N2O4/c1-20-13-7-11(4-3-10(13)5-6-14(18)19)12-8-16-9-17-15(12)21-2/h3-4,7-9H,5-6H2,1-2H3,(H,18,19). The van der Waals surface area contributed by atoms with Crippen molar-refractivity contribution in [3.05, 3.63) is 36.3 Å². The van der Waals surface area contributed by atoms with Gasteiger partial charge in [-0.3, -0.25) is 4.79 Å². The van der Waals surface area contributed by atoms with Crippen molar-refractivity contribution in [2.45, 2.75) is 12.8 Å². The van der Waals surface area contributed by atoms with Crippen LogP contribution in [0.25, 0.3) is 11.1 Å².